The summed E-state index contributed by atoms with van der Waals surface area (Å²) in [5.41, 5.74) is 4.54. The average Bonchev–Trinajstić information content (AvgIpc) is 2.01. The summed E-state index contributed by atoms with van der Waals surface area (Å²) >= 11 is 0. The Labute approximate surface area is 86.0 Å². The molecular weight excluding hydrogens is 248 g/mol. The highest BCUT2D eigenvalue weighted by Crippen LogP contribution is 2.29. The lowest BCUT2D eigenvalue weighted by Gasteiger charge is -1.98. The van der Waals surface area contributed by atoms with Gasteiger partial charge in [-0.15, -0.1) is 0 Å². The van der Waals surface area contributed by atoms with Gasteiger partial charge in [0.1, 0.15) is 0 Å². The minimum Gasteiger partial charge on any atom is -0.450 e. The molecule has 0 heterocycles. The Morgan fingerprint density at radius 3 is 1.62 bits per heavy atom. The summed E-state index contributed by atoms with van der Waals surface area (Å²) in [6.45, 7) is 2.06. The molecule has 0 unspecified atom stereocenters. The molecule has 0 fully saturated rings. The van der Waals surface area contributed by atoms with E-state index in [-0.39, 0.29) is 5.48 Å². The van der Waals surface area contributed by atoms with Crippen molar-refractivity contribution in [2.75, 3.05) is 6.61 Å². The quantitative estimate of drug-likeness (QED) is 0.727. The molecular formula is C6H9F6NO3. The lowest BCUT2D eigenvalue weighted by molar-refractivity contribution is -0.113. The van der Waals surface area contributed by atoms with E-state index in [0.717, 1.165) is 0 Å². The van der Waals surface area contributed by atoms with Crippen molar-refractivity contribution in [1.29, 1.82) is 0 Å². The van der Waals surface area contributed by atoms with Gasteiger partial charge in [-0.3, -0.25) is 0 Å². The van der Waals surface area contributed by atoms with E-state index < -0.39 is 24.2 Å². The standard InChI is InChI=1S/C3F6.C3H7NO2.H2O/c4-1(2(5)6)3(7,8)9;1-2-6-3(4)5;/h;2H2,1H3,(H2,4,5);1H2. The molecule has 0 saturated carbocycles. The van der Waals surface area contributed by atoms with Crippen LogP contribution >= 0.6 is 0 Å². The zero-order valence-corrected chi connectivity index (χ0v) is 7.87. The van der Waals surface area contributed by atoms with E-state index in [1.807, 2.05) is 0 Å². The maximum absolute atomic E-state index is 11.0. The Kier molecular flexibility index (Phi) is 11.0. The van der Waals surface area contributed by atoms with Crippen LogP contribution in [0.1, 0.15) is 6.92 Å². The summed E-state index contributed by atoms with van der Waals surface area (Å²) in [4.78, 5) is 9.60. The van der Waals surface area contributed by atoms with Gasteiger partial charge in [-0.1, -0.05) is 0 Å². The van der Waals surface area contributed by atoms with Crippen LogP contribution < -0.4 is 5.73 Å². The average molecular weight is 257 g/mol. The van der Waals surface area contributed by atoms with Crippen LogP contribution in [-0.2, 0) is 4.74 Å². The number of hydrogen-bond acceptors (Lipinski definition) is 2. The first-order chi connectivity index (χ1) is 6.62. The lowest BCUT2D eigenvalue weighted by atomic mass is 10.6. The SMILES string of the molecule is CCOC(N)=O.FC(F)=C(F)C(F)(F)F.O. The van der Waals surface area contributed by atoms with Crippen molar-refractivity contribution in [3.63, 3.8) is 0 Å². The number of ether oxygens (including phenoxy) is 1. The molecule has 0 aromatic rings. The van der Waals surface area contributed by atoms with E-state index in [0.29, 0.717) is 6.61 Å². The summed E-state index contributed by atoms with van der Waals surface area (Å²) in [6, 6.07) is 0. The number of primary amides is 1. The van der Waals surface area contributed by atoms with E-state index in [9.17, 15) is 31.1 Å². The van der Waals surface area contributed by atoms with Crippen LogP contribution in [0.4, 0.5) is 31.1 Å². The maximum atomic E-state index is 11.0. The number of halogens is 6. The maximum Gasteiger partial charge on any atom is 0.448 e. The number of allylic oxidation sites excluding steroid dienone is 1. The largest absolute Gasteiger partial charge is 0.450 e. The second kappa shape index (κ2) is 8.83. The second-order valence-corrected chi connectivity index (χ2v) is 1.82. The predicted molar refractivity (Wildman–Crippen MR) is 41.2 cm³/mol. The fraction of sp³-hybridized carbons (Fsp3) is 0.500. The number of amides is 1. The molecule has 10 heteroatoms. The molecule has 0 saturated heterocycles. The van der Waals surface area contributed by atoms with Crippen LogP contribution in [-0.4, -0.2) is 24.4 Å². The normalized spacial score (nSPS) is 9.19. The molecule has 0 bridgehead atoms. The van der Waals surface area contributed by atoms with E-state index in [4.69, 9.17) is 0 Å². The Balaban J connectivity index is -0.000000214. The minimum atomic E-state index is -5.56. The Bertz CT molecular complexity index is 235. The van der Waals surface area contributed by atoms with Crippen LogP contribution in [0.25, 0.3) is 0 Å². The van der Waals surface area contributed by atoms with E-state index in [1.165, 1.54) is 0 Å². The number of carbonyl (C=O) groups excluding carboxylic acids is 1. The molecule has 0 atom stereocenters. The summed E-state index contributed by atoms with van der Waals surface area (Å²) in [7, 11) is 0. The van der Waals surface area contributed by atoms with Crippen molar-refractivity contribution < 1.29 is 41.4 Å². The van der Waals surface area contributed by atoms with Gasteiger partial charge >= 0.3 is 18.4 Å². The Morgan fingerprint density at radius 2 is 1.62 bits per heavy atom. The number of nitrogens with two attached hydrogens (primary N) is 1. The highest BCUT2D eigenvalue weighted by Gasteiger charge is 2.38. The van der Waals surface area contributed by atoms with Crippen molar-refractivity contribution in [2.24, 2.45) is 5.73 Å². The van der Waals surface area contributed by atoms with E-state index >= 15 is 0 Å². The van der Waals surface area contributed by atoms with Gasteiger partial charge in [-0.25, -0.2) is 4.79 Å². The number of alkyl halides is 3. The highest BCUT2D eigenvalue weighted by atomic mass is 19.4. The summed E-state index contributed by atoms with van der Waals surface area (Å²) in [5.74, 6) is -3.33. The molecule has 0 aromatic heterocycles. The number of rotatable bonds is 1. The van der Waals surface area contributed by atoms with Crippen LogP contribution in [0.15, 0.2) is 11.9 Å². The fourth-order valence-electron chi connectivity index (χ4n) is 0.249. The van der Waals surface area contributed by atoms with Crippen LogP contribution in [0.3, 0.4) is 0 Å². The summed E-state index contributed by atoms with van der Waals surface area (Å²) in [5, 5.41) is 0. The van der Waals surface area contributed by atoms with E-state index in [2.05, 4.69) is 10.5 Å². The molecule has 4 N–H and O–H groups in total. The molecule has 0 aliphatic carbocycles. The molecule has 0 aromatic carbocycles. The molecule has 0 aliphatic rings. The van der Waals surface area contributed by atoms with Gasteiger partial charge in [-0.05, 0) is 6.92 Å². The molecule has 1 amide bonds. The van der Waals surface area contributed by atoms with Gasteiger partial charge in [0.15, 0.2) is 0 Å². The number of carbonyl (C=O) groups is 1. The first kappa shape index (κ1) is 20.0. The summed E-state index contributed by atoms with van der Waals surface area (Å²) in [6.07, 6.45) is -9.61. The van der Waals surface area contributed by atoms with Crippen molar-refractivity contribution in [1.82, 2.24) is 0 Å². The lowest BCUT2D eigenvalue weighted by Crippen LogP contribution is -2.11. The Morgan fingerprint density at radius 1 is 1.25 bits per heavy atom. The van der Waals surface area contributed by atoms with Gasteiger partial charge < -0.3 is 15.9 Å². The van der Waals surface area contributed by atoms with Gasteiger partial charge in [-0.2, -0.15) is 26.3 Å². The molecule has 98 valence electrons. The Hall–Kier alpha value is -1.45. The molecule has 16 heavy (non-hydrogen) atoms. The third-order valence-electron chi connectivity index (χ3n) is 0.701. The zero-order valence-electron chi connectivity index (χ0n) is 7.87. The van der Waals surface area contributed by atoms with Gasteiger partial charge in [0.25, 0.3) is 5.83 Å². The fourth-order valence-corrected chi connectivity index (χ4v) is 0.249. The second-order valence-electron chi connectivity index (χ2n) is 1.82. The zero-order chi connectivity index (χ0) is 12.6. The molecule has 0 rings (SSSR count). The van der Waals surface area contributed by atoms with Gasteiger partial charge in [0.05, 0.1) is 6.61 Å². The topological polar surface area (TPSA) is 83.8 Å². The van der Waals surface area contributed by atoms with Crippen LogP contribution in [0, 0.1) is 0 Å². The van der Waals surface area contributed by atoms with Crippen molar-refractivity contribution >= 4 is 6.09 Å². The van der Waals surface area contributed by atoms with Crippen molar-refractivity contribution in [3.05, 3.63) is 11.9 Å². The first-order valence-electron chi connectivity index (χ1n) is 3.33. The summed E-state index contributed by atoms with van der Waals surface area (Å²) < 4.78 is 69.0. The van der Waals surface area contributed by atoms with Crippen molar-refractivity contribution in [2.45, 2.75) is 13.1 Å². The van der Waals surface area contributed by atoms with Crippen LogP contribution in [0.5, 0.6) is 0 Å². The highest BCUT2D eigenvalue weighted by molar-refractivity contribution is 5.64. The monoisotopic (exact) mass is 257 g/mol. The molecule has 4 nitrogen and oxygen atoms in total. The van der Waals surface area contributed by atoms with Crippen LogP contribution in [0.2, 0.25) is 0 Å². The third-order valence-corrected chi connectivity index (χ3v) is 0.701. The smallest absolute Gasteiger partial charge is 0.448 e. The molecule has 0 radical (unpaired) electrons. The third kappa shape index (κ3) is 12.6. The molecule has 0 aliphatic heterocycles. The molecule has 0 spiro atoms. The van der Waals surface area contributed by atoms with Gasteiger partial charge in [0, 0.05) is 0 Å². The minimum absolute atomic E-state index is 0. The number of hydrogen-bond donors (Lipinski definition) is 1. The van der Waals surface area contributed by atoms with E-state index in [1.54, 1.807) is 6.92 Å². The van der Waals surface area contributed by atoms with Crippen molar-refractivity contribution in [3.8, 4) is 0 Å². The predicted octanol–water partition coefficient (Wildman–Crippen LogP) is 1.90. The van der Waals surface area contributed by atoms with Gasteiger partial charge in [0.2, 0.25) is 0 Å². The first-order valence-corrected chi connectivity index (χ1v) is 3.33.